The summed E-state index contributed by atoms with van der Waals surface area (Å²) in [6, 6.07) is 0. The third-order valence-corrected chi connectivity index (χ3v) is 1.73. The minimum absolute atomic E-state index is 0.854. The van der Waals surface area contributed by atoms with Crippen molar-refractivity contribution in [1.82, 2.24) is 5.32 Å². The van der Waals surface area contributed by atoms with Crippen LogP contribution in [0.1, 0.15) is 26.7 Å². The predicted octanol–water partition coefficient (Wildman–Crippen LogP) is 2.30. The van der Waals surface area contributed by atoms with Crippen LogP contribution >= 0.6 is 7.60 Å². The smallest absolute Gasteiger partial charge is 0.322 e. The minimum atomic E-state index is -3.64. The van der Waals surface area contributed by atoms with Gasteiger partial charge in [0.2, 0.25) is 0 Å². The quantitative estimate of drug-likeness (QED) is 0.384. The van der Waals surface area contributed by atoms with Gasteiger partial charge in [-0.05, 0) is 12.8 Å². The van der Waals surface area contributed by atoms with Gasteiger partial charge in [0.15, 0.2) is 0 Å². The van der Waals surface area contributed by atoms with Crippen molar-refractivity contribution in [3.8, 4) is 0 Å². The Kier molecular flexibility index (Phi) is 12.5. The molecule has 0 aromatic heterocycles. The van der Waals surface area contributed by atoms with E-state index in [1.807, 2.05) is 6.08 Å². The highest BCUT2D eigenvalue weighted by atomic mass is 31.2. The van der Waals surface area contributed by atoms with Crippen LogP contribution in [0, 0.1) is 0 Å². The van der Waals surface area contributed by atoms with Crippen molar-refractivity contribution in [2.45, 2.75) is 26.7 Å². The topological polar surface area (TPSA) is 69.6 Å². The van der Waals surface area contributed by atoms with Crippen molar-refractivity contribution in [2.75, 3.05) is 19.8 Å². The third kappa shape index (κ3) is 23.4. The molecule has 4 nitrogen and oxygen atoms in total. The molecule has 5 heteroatoms. The molecule has 0 atom stereocenters. The lowest BCUT2D eigenvalue weighted by atomic mass is 10.1. The first kappa shape index (κ1) is 18.0. The van der Waals surface area contributed by atoms with Crippen molar-refractivity contribution in [3.05, 3.63) is 24.3 Å². The zero-order valence-electron chi connectivity index (χ0n) is 10.4. The van der Waals surface area contributed by atoms with Crippen LogP contribution in [-0.4, -0.2) is 29.5 Å². The molecule has 0 saturated heterocycles. The first-order valence-corrected chi connectivity index (χ1v) is 7.43. The Morgan fingerprint density at radius 3 is 2.06 bits per heavy atom. The monoisotopic (exact) mass is 249 g/mol. The molecular formula is C11H24NO3P. The van der Waals surface area contributed by atoms with Crippen LogP contribution < -0.4 is 5.32 Å². The van der Waals surface area contributed by atoms with E-state index in [9.17, 15) is 4.57 Å². The second kappa shape index (κ2) is 11.1. The van der Waals surface area contributed by atoms with Crippen LogP contribution in [0.25, 0.3) is 0 Å². The number of hydrogen-bond acceptors (Lipinski definition) is 2. The first-order valence-electron chi connectivity index (χ1n) is 5.37. The molecule has 0 spiro atoms. The molecular weight excluding hydrogens is 225 g/mol. The lowest BCUT2D eigenvalue weighted by Crippen LogP contribution is -2.13. The van der Waals surface area contributed by atoms with Gasteiger partial charge >= 0.3 is 7.60 Å². The van der Waals surface area contributed by atoms with Gasteiger partial charge in [0.25, 0.3) is 0 Å². The van der Waals surface area contributed by atoms with Gasteiger partial charge < -0.3 is 15.1 Å². The highest BCUT2D eigenvalue weighted by Crippen LogP contribution is 2.26. The summed E-state index contributed by atoms with van der Waals surface area (Å²) >= 11 is 0. The summed E-state index contributed by atoms with van der Waals surface area (Å²) in [6.45, 7) is 10.8. The Labute approximate surface area is 98.6 Å². The van der Waals surface area contributed by atoms with Gasteiger partial charge in [0.1, 0.15) is 0 Å². The molecule has 0 bridgehead atoms. The number of hydrogen-bond donors (Lipinski definition) is 3. The largest absolute Gasteiger partial charge is 0.325 e. The Hall–Kier alpha value is -0.410. The highest BCUT2D eigenvalue weighted by molar-refractivity contribution is 7.50. The van der Waals surface area contributed by atoms with E-state index in [0.29, 0.717) is 0 Å². The molecule has 96 valence electrons. The summed E-state index contributed by atoms with van der Waals surface area (Å²) in [6.07, 6.45) is 6.49. The van der Waals surface area contributed by atoms with Gasteiger partial charge in [-0.2, -0.15) is 0 Å². The Morgan fingerprint density at radius 2 is 1.75 bits per heavy atom. The van der Waals surface area contributed by atoms with E-state index in [2.05, 4.69) is 31.8 Å². The fourth-order valence-electron chi connectivity index (χ4n) is 0.941. The molecule has 0 radical (unpaired) electrons. The average Bonchev–Trinajstić information content (AvgIpc) is 2.16. The molecule has 0 amide bonds. The van der Waals surface area contributed by atoms with E-state index < -0.39 is 7.60 Å². The van der Waals surface area contributed by atoms with Gasteiger partial charge in [-0.3, -0.25) is 4.57 Å². The molecule has 3 N–H and O–H groups in total. The lowest BCUT2D eigenvalue weighted by molar-refractivity contribution is 0.381. The lowest BCUT2D eigenvalue weighted by Gasteiger charge is -2.00. The summed E-state index contributed by atoms with van der Waals surface area (Å²) in [4.78, 5) is 15.3. The summed E-state index contributed by atoms with van der Waals surface area (Å²) < 4.78 is 9.33. The van der Waals surface area contributed by atoms with Crippen molar-refractivity contribution in [2.24, 2.45) is 0 Å². The normalized spacial score (nSPS) is 10.1. The minimum Gasteiger partial charge on any atom is -0.325 e. The van der Waals surface area contributed by atoms with E-state index in [1.165, 1.54) is 18.4 Å². The van der Waals surface area contributed by atoms with E-state index in [-0.39, 0.29) is 0 Å². The molecule has 0 aliphatic heterocycles. The second-order valence-corrected chi connectivity index (χ2v) is 5.02. The van der Waals surface area contributed by atoms with Crippen LogP contribution in [0.2, 0.25) is 0 Å². The summed E-state index contributed by atoms with van der Waals surface area (Å²) in [5.74, 6) is 0. The standard InChI is InChI=1S/C10H19N.CH5O3P/c1-4-8-11-9-7-10(5-2)6-3;1-5(2,3)4/h4,7,11H,1,5-6,8-9H2,2-3H3;1H3,(H2,2,3,4). The zero-order chi connectivity index (χ0) is 13.0. The zero-order valence-corrected chi connectivity index (χ0v) is 11.3. The van der Waals surface area contributed by atoms with Gasteiger partial charge in [-0.15, -0.1) is 6.58 Å². The molecule has 0 rings (SSSR count). The van der Waals surface area contributed by atoms with Gasteiger partial charge in [-0.1, -0.05) is 31.6 Å². The van der Waals surface area contributed by atoms with Gasteiger partial charge in [0.05, 0.1) is 0 Å². The first-order chi connectivity index (χ1) is 7.35. The highest BCUT2D eigenvalue weighted by Gasteiger charge is 1.95. The van der Waals surface area contributed by atoms with Crippen LogP contribution in [-0.2, 0) is 4.57 Å². The third-order valence-electron chi connectivity index (χ3n) is 1.73. The second-order valence-electron chi connectivity index (χ2n) is 3.35. The molecule has 0 unspecified atom stereocenters. The molecule has 0 aromatic rings. The van der Waals surface area contributed by atoms with Crippen molar-refractivity contribution < 1.29 is 14.4 Å². The van der Waals surface area contributed by atoms with Gasteiger partial charge in [-0.25, -0.2) is 0 Å². The maximum Gasteiger partial charge on any atom is 0.322 e. The van der Waals surface area contributed by atoms with E-state index >= 15 is 0 Å². The number of allylic oxidation sites excluding steroid dienone is 1. The van der Waals surface area contributed by atoms with Crippen LogP contribution in [0.15, 0.2) is 24.3 Å². The number of nitrogens with one attached hydrogen (secondary N) is 1. The van der Waals surface area contributed by atoms with Crippen LogP contribution in [0.4, 0.5) is 0 Å². The van der Waals surface area contributed by atoms with E-state index in [4.69, 9.17) is 9.79 Å². The molecule has 0 fully saturated rings. The fraction of sp³-hybridized carbons (Fsp3) is 0.636. The predicted molar refractivity (Wildman–Crippen MR) is 69.7 cm³/mol. The molecule has 16 heavy (non-hydrogen) atoms. The molecule has 0 saturated carbocycles. The Balaban J connectivity index is 0. The fourth-order valence-corrected chi connectivity index (χ4v) is 0.941. The van der Waals surface area contributed by atoms with Crippen molar-refractivity contribution in [1.29, 1.82) is 0 Å². The Bertz CT molecular complexity index is 231. The molecule has 0 aliphatic carbocycles. The molecule has 0 aliphatic rings. The maximum atomic E-state index is 9.33. The maximum absolute atomic E-state index is 9.33. The Morgan fingerprint density at radius 1 is 1.31 bits per heavy atom. The van der Waals surface area contributed by atoms with E-state index in [1.54, 1.807) is 0 Å². The summed E-state index contributed by atoms with van der Waals surface area (Å²) in [7, 11) is -3.64. The average molecular weight is 249 g/mol. The summed E-state index contributed by atoms with van der Waals surface area (Å²) in [5.41, 5.74) is 1.53. The number of rotatable bonds is 6. The molecule has 0 heterocycles. The molecule has 0 aromatic carbocycles. The van der Waals surface area contributed by atoms with Crippen molar-refractivity contribution >= 4 is 7.60 Å². The van der Waals surface area contributed by atoms with E-state index in [0.717, 1.165) is 19.8 Å². The van der Waals surface area contributed by atoms with Crippen LogP contribution in [0.5, 0.6) is 0 Å². The SMILES string of the molecule is C=CCNCC=C(CC)CC.CP(=O)(O)O. The summed E-state index contributed by atoms with van der Waals surface area (Å²) in [5, 5.41) is 3.24. The van der Waals surface area contributed by atoms with Crippen LogP contribution in [0.3, 0.4) is 0 Å². The van der Waals surface area contributed by atoms with Crippen molar-refractivity contribution in [3.63, 3.8) is 0 Å². The van der Waals surface area contributed by atoms with Gasteiger partial charge in [0, 0.05) is 19.8 Å².